The van der Waals surface area contributed by atoms with Gasteiger partial charge >= 0.3 is 11.9 Å². The molecular weight excluding hydrogens is 605 g/mol. The molecule has 0 radical (unpaired) electrons. The Bertz CT molecular complexity index is 1290. The minimum Gasteiger partial charge on any atom is -0.457 e. The first-order valence-electron chi connectivity index (χ1n) is 14.6. The smallest absolute Gasteiger partial charge is 0.323 e. The van der Waals surface area contributed by atoms with Crippen molar-refractivity contribution in [1.82, 2.24) is 19.5 Å². The first-order valence-corrected chi connectivity index (χ1v) is 15.0. The van der Waals surface area contributed by atoms with Crippen LogP contribution in [0, 0.1) is 35.5 Å². The molecule has 11 nitrogen and oxygen atoms in total. The second-order valence-corrected chi connectivity index (χ2v) is 13.2. The van der Waals surface area contributed by atoms with Crippen LogP contribution in [0.25, 0.3) is 11.2 Å². The van der Waals surface area contributed by atoms with E-state index in [9.17, 15) is 9.59 Å². The molecule has 0 spiro atoms. The van der Waals surface area contributed by atoms with Gasteiger partial charge in [-0.15, -0.1) is 24.8 Å². The second kappa shape index (κ2) is 12.6. The normalized spacial score (nSPS) is 27.7. The van der Waals surface area contributed by atoms with Crippen molar-refractivity contribution >= 4 is 65.3 Å². The molecular formula is C28H42Cl3N7O4. The number of nitrogens with one attached hydrogen (secondary N) is 1. The number of nitrogens with zero attached hydrogens (tertiary/aromatic N) is 4. The fourth-order valence-electron chi connectivity index (χ4n) is 6.21. The van der Waals surface area contributed by atoms with Gasteiger partial charge in [-0.2, -0.15) is 9.97 Å². The Hall–Kier alpha value is -1.92. The summed E-state index contributed by atoms with van der Waals surface area (Å²) < 4.78 is 13.9. The van der Waals surface area contributed by atoms with E-state index in [0.29, 0.717) is 34.9 Å². The van der Waals surface area contributed by atoms with Crippen molar-refractivity contribution in [3.05, 3.63) is 11.6 Å². The summed E-state index contributed by atoms with van der Waals surface area (Å²) in [6.07, 6.45) is 6.01. The monoisotopic (exact) mass is 645 g/mol. The van der Waals surface area contributed by atoms with Gasteiger partial charge in [-0.25, -0.2) is 4.98 Å². The molecule has 0 bridgehead atoms. The zero-order valence-electron chi connectivity index (χ0n) is 24.3. The standard InChI is InChI=1S/C28H40ClN7O4.2ClH/c1-11(2)17(30)26(37)39-22-16-9-15(16)21(23(22)40-27(38)18(31)12(3)4)36-10-32-20-24(34-28(29)35-25(20)36)33-19(13-5-6-13)14-7-8-14;;/h10-19,21-23H,5-9,30-31H2,1-4H3,(H,33,34,35);2*1H/t15-,16+,17-,18?,21?,22?,23?;;/m0../s1. The molecule has 0 aliphatic heterocycles. The Balaban J connectivity index is 0.00000202. The lowest BCUT2D eigenvalue weighted by Crippen LogP contribution is -2.46. The molecule has 0 aromatic carbocycles. The van der Waals surface area contributed by atoms with Crippen LogP contribution in [0.5, 0.6) is 0 Å². The van der Waals surface area contributed by atoms with Crippen LogP contribution < -0.4 is 16.8 Å². The maximum absolute atomic E-state index is 13.1. The number of nitrogens with two attached hydrogens (primary N) is 2. The van der Waals surface area contributed by atoms with Crippen molar-refractivity contribution in [3.8, 4) is 0 Å². The lowest BCUT2D eigenvalue weighted by Gasteiger charge is -2.31. The van der Waals surface area contributed by atoms with Crippen molar-refractivity contribution in [1.29, 1.82) is 0 Å². The summed E-state index contributed by atoms with van der Waals surface area (Å²) in [5, 5.41) is 3.76. The molecule has 0 amide bonds. The molecule has 0 saturated heterocycles. The minimum atomic E-state index is -0.805. The predicted molar refractivity (Wildman–Crippen MR) is 164 cm³/mol. The van der Waals surface area contributed by atoms with Gasteiger partial charge in [0, 0.05) is 12.0 Å². The number of anilines is 1. The maximum atomic E-state index is 13.1. The highest BCUT2D eigenvalue weighted by Crippen LogP contribution is 2.60. The van der Waals surface area contributed by atoms with E-state index in [2.05, 4.69) is 15.3 Å². The molecule has 2 heterocycles. The third kappa shape index (κ3) is 6.31. The molecule has 4 fully saturated rings. The first kappa shape index (κ1) is 33.0. The van der Waals surface area contributed by atoms with Gasteiger partial charge in [0.25, 0.3) is 0 Å². The Morgan fingerprint density at radius 3 is 2.00 bits per heavy atom. The number of rotatable bonds is 11. The summed E-state index contributed by atoms with van der Waals surface area (Å²) in [6, 6.07) is -1.57. The summed E-state index contributed by atoms with van der Waals surface area (Å²) in [7, 11) is 0. The van der Waals surface area contributed by atoms with Crippen LogP contribution in [0.15, 0.2) is 6.33 Å². The van der Waals surface area contributed by atoms with Crippen LogP contribution in [-0.4, -0.2) is 61.8 Å². The number of carbonyl (C=O) groups is 2. The number of ether oxygens (including phenoxy) is 2. The Morgan fingerprint density at radius 1 is 0.929 bits per heavy atom. The van der Waals surface area contributed by atoms with Crippen LogP contribution in [0.2, 0.25) is 5.28 Å². The van der Waals surface area contributed by atoms with Crippen molar-refractivity contribution in [2.45, 2.75) is 96.2 Å². The van der Waals surface area contributed by atoms with E-state index in [4.69, 9.17) is 37.5 Å². The number of aromatic nitrogens is 4. The van der Waals surface area contributed by atoms with E-state index in [1.165, 1.54) is 25.7 Å². The zero-order valence-corrected chi connectivity index (χ0v) is 26.7. The molecule has 4 saturated carbocycles. The number of hydrogen-bond acceptors (Lipinski definition) is 10. The fourth-order valence-corrected chi connectivity index (χ4v) is 6.38. The molecule has 42 heavy (non-hydrogen) atoms. The van der Waals surface area contributed by atoms with E-state index in [1.807, 2.05) is 32.3 Å². The Labute approximate surface area is 263 Å². The van der Waals surface area contributed by atoms with Crippen LogP contribution in [0.4, 0.5) is 5.82 Å². The molecule has 14 heteroatoms. The van der Waals surface area contributed by atoms with Crippen LogP contribution >= 0.6 is 36.4 Å². The highest BCUT2D eigenvalue weighted by atomic mass is 35.5. The van der Waals surface area contributed by atoms with E-state index in [0.717, 1.165) is 6.42 Å². The van der Waals surface area contributed by atoms with Gasteiger partial charge < -0.3 is 30.8 Å². The third-order valence-electron chi connectivity index (χ3n) is 9.18. The molecule has 234 valence electrons. The van der Waals surface area contributed by atoms with Crippen molar-refractivity contribution < 1.29 is 19.1 Å². The van der Waals surface area contributed by atoms with Gasteiger partial charge in [-0.1, -0.05) is 27.7 Å². The Morgan fingerprint density at radius 2 is 1.48 bits per heavy atom. The minimum absolute atomic E-state index is 0. The number of halogens is 3. The van der Waals surface area contributed by atoms with Crippen LogP contribution in [-0.2, 0) is 19.1 Å². The molecule has 2 aromatic rings. The zero-order chi connectivity index (χ0) is 28.5. The topological polar surface area (TPSA) is 160 Å². The molecule has 4 aliphatic carbocycles. The van der Waals surface area contributed by atoms with Crippen LogP contribution in [0.1, 0.15) is 65.8 Å². The SMILES string of the molecule is CC(C)C(N)C(=O)OC1C(OC(=O)[C@@H](N)C(C)C)[C@@H]2C[C@@H]2C1n1cnc2c(NC(C3CC3)C3CC3)nc(Cl)nc21.Cl.Cl. The lowest BCUT2D eigenvalue weighted by molar-refractivity contribution is -0.172. The number of hydrogen-bond donors (Lipinski definition) is 3. The van der Waals surface area contributed by atoms with Crippen molar-refractivity contribution in [2.24, 2.45) is 47.0 Å². The highest BCUT2D eigenvalue weighted by molar-refractivity contribution is 6.28. The van der Waals surface area contributed by atoms with Crippen molar-refractivity contribution in [3.63, 3.8) is 0 Å². The maximum Gasteiger partial charge on any atom is 0.323 e. The summed E-state index contributed by atoms with van der Waals surface area (Å²) >= 11 is 6.45. The number of fused-ring (bicyclic) bond motifs is 2. The molecule has 4 unspecified atom stereocenters. The summed E-state index contributed by atoms with van der Waals surface area (Å²) in [6.45, 7) is 7.46. The van der Waals surface area contributed by atoms with E-state index in [-0.39, 0.29) is 59.8 Å². The predicted octanol–water partition coefficient (Wildman–Crippen LogP) is 3.90. The third-order valence-corrected chi connectivity index (χ3v) is 9.34. The quantitative estimate of drug-likeness (QED) is 0.241. The highest BCUT2D eigenvalue weighted by Gasteiger charge is 2.64. The van der Waals surface area contributed by atoms with E-state index >= 15 is 0 Å². The summed E-state index contributed by atoms with van der Waals surface area (Å²) in [4.78, 5) is 39.8. The summed E-state index contributed by atoms with van der Waals surface area (Å²) in [5.74, 6) is 0.839. The number of esters is 2. The fraction of sp³-hybridized carbons (Fsp3) is 0.750. The number of carbonyl (C=O) groups excluding carboxylic acids is 2. The lowest BCUT2D eigenvalue weighted by atomic mass is 10.0. The average Bonchev–Trinajstić information content (AvgIpc) is 3.79. The molecule has 5 N–H and O–H groups in total. The molecule has 6 rings (SSSR count). The van der Waals surface area contributed by atoms with Crippen molar-refractivity contribution in [2.75, 3.05) is 5.32 Å². The van der Waals surface area contributed by atoms with Gasteiger partial charge in [0.15, 0.2) is 23.1 Å². The first-order chi connectivity index (χ1) is 19.0. The molecule has 7 atom stereocenters. The summed E-state index contributed by atoms with van der Waals surface area (Å²) in [5.41, 5.74) is 13.4. The largest absolute Gasteiger partial charge is 0.457 e. The van der Waals surface area contributed by atoms with Gasteiger partial charge in [-0.3, -0.25) is 9.59 Å². The average molecular weight is 647 g/mol. The van der Waals surface area contributed by atoms with Gasteiger partial charge in [0.2, 0.25) is 5.28 Å². The van der Waals surface area contributed by atoms with Gasteiger partial charge in [-0.05, 0) is 73.3 Å². The van der Waals surface area contributed by atoms with E-state index < -0.39 is 36.2 Å². The second-order valence-electron chi connectivity index (χ2n) is 12.9. The molecule has 4 aliphatic rings. The Kier molecular flexibility index (Phi) is 9.89. The van der Waals surface area contributed by atoms with Gasteiger partial charge in [0.1, 0.15) is 18.2 Å². The van der Waals surface area contributed by atoms with E-state index in [1.54, 1.807) is 6.33 Å². The van der Waals surface area contributed by atoms with Gasteiger partial charge in [0.05, 0.1) is 12.4 Å². The molecule has 2 aromatic heterocycles. The van der Waals surface area contributed by atoms with Crippen LogP contribution in [0.3, 0.4) is 0 Å². The number of imidazole rings is 1.